The molecular weight excluding hydrogens is 563 g/mol. The first kappa shape index (κ1) is 28.3. The van der Waals surface area contributed by atoms with Gasteiger partial charge in [0.05, 0.1) is 12.9 Å². The Morgan fingerprint density at radius 3 is 2.30 bits per heavy atom. The molecule has 0 saturated heterocycles. The van der Waals surface area contributed by atoms with Gasteiger partial charge in [-0.2, -0.15) is 0 Å². The van der Waals surface area contributed by atoms with Crippen molar-refractivity contribution in [3.05, 3.63) is 59.3 Å². The molecule has 1 aromatic carbocycles. The Bertz CT molecular complexity index is 1010. The zero-order valence-corrected chi connectivity index (χ0v) is 25.0. The van der Waals surface area contributed by atoms with Gasteiger partial charge in [-0.25, -0.2) is 13.4 Å². The number of halogens is 1. The standard InChI is InChI=1S/C25H39IN2O3SSi/c1-25(2,3)33(6,7)31-19-20-17-23(27-24(18-20)28(4)32(5,29)30)14-13-22(15-16-26)21-11-9-8-10-12-21/h8-12,17-18,22H,13-16,19H2,1-7H3. The van der Waals surface area contributed by atoms with Gasteiger partial charge in [0.25, 0.3) is 0 Å². The topological polar surface area (TPSA) is 59.5 Å². The predicted molar refractivity (Wildman–Crippen MR) is 150 cm³/mol. The number of hydrogen-bond donors (Lipinski definition) is 0. The molecule has 0 aliphatic carbocycles. The highest BCUT2D eigenvalue weighted by Gasteiger charge is 2.37. The zero-order valence-electron chi connectivity index (χ0n) is 21.1. The molecule has 0 radical (unpaired) electrons. The highest BCUT2D eigenvalue weighted by molar-refractivity contribution is 14.1. The number of pyridine rings is 1. The van der Waals surface area contributed by atoms with Crippen molar-refractivity contribution >= 4 is 46.7 Å². The lowest BCUT2D eigenvalue weighted by atomic mass is 9.91. The first-order valence-electron chi connectivity index (χ1n) is 11.4. The Morgan fingerprint density at radius 2 is 1.76 bits per heavy atom. The summed E-state index contributed by atoms with van der Waals surface area (Å²) in [6, 6.07) is 14.5. The number of hydrogen-bond acceptors (Lipinski definition) is 4. The van der Waals surface area contributed by atoms with E-state index in [-0.39, 0.29) is 5.04 Å². The number of aryl methyl sites for hydroxylation is 1. The van der Waals surface area contributed by atoms with Crippen molar-refractivity contribution in [3.63, 3.8) is 0 Å². The average Bonchev–Trinajstić information content (AvgIpc) is 2.73. The third-order valence-electron chi connectivity index (χ3n) is 6.63. The lowest BCUT2D eigenvalue weighted by molar-refractivity contribution is 0.276. The van der Waals surface area contributed by atoms with Gasteiger partial charge in [-0.3, -0.25) is 4.31 Å². The second-order valence-electron chi connectivity index (χ2n) is 10.2. The zero-order chi connectivity index (χ0) is 24.9. The van der Waals surface area contributed by atoms with Crippen molar-refractivity contribution in [1.82, 2.24) is 4.98 Å². The first-order valence-corrected chi connectivity index (χ1v) is 17.7. The van der Waals surface area contributed by atoms with Gasteiger partial charge in [0.2, 0.25) is 10.0 Å². The van der Waals surface area contributed by atoms with Crippen LogP contribution in [0.15, 0.2) is 42.5 Å². The molecule has 184 valence electrons. The molecule has 0 bridgehead atoms. The van der Waals surface area contributed by atoms with Crippen LogP contribution in [0.4, 0.5) is 5.82 Å². The van der Waals surface area contributed by atoms with E-state index in [1.165, 1.54) is 16.1 Å². The number of alkyl halides is 1. The van der Waals surface area contributed by atoms with Crippen LogP contribution in [0, 0.1) is 0 Å². The Hall–Kier alpha value is -0.973. The smallest absolute Gasteiger partial charge is 0.233 e. The number of benzene rings is 1. The number of aromatic nitrogens is 1. The van der Waals surface area contributed by atoms with Gasteiger partial charge >= 0.3 is 0 Å². The molecule has 1 heterocycles. The fraction of sp³-hybridized carbons (Fsp3) is 0.560. The van der Waals surface area contributed by atoms with Gasteiger partial charge in [0.15, 0.2) is 8.32 Å². The van der Waals surface area contributed by atoms with Crippen LogP contribution in [-0.4, -0.2) is 39.5 Å². The highest BCUT2D eigenvalue weighted by atomic mass is 127. The Morgan fingerprint density at radius 1 is 1.12 bits per heavy atom. The molecule has 5 nitrogen and oxygen atoms in total. The quantitative estimate of drug-likeness (QED) is 0.167. The van der Waals surface area contributed by atoms with Crippen molar-refractivity contribution in [2.45, 2.75) is 70.7 Å². The molecule has 33 heavy (non-hydrogen) atoms. The van der Waals surface area contributed by atoms with Crippen LogP contribution in [0.2, 0.25) is 18.1 Å². The molecule has 0 amide bonds. The predicted octanol–water partition coefficient (Wildman–Crippen LogP) is 6.54. The van der Waals surface area contributed by atoms with Crippen LogP contribution in [0.3, 0.4) is 0 Å². The van der Waals surface area contributed by atoms with Crippen LogP contribution in [-0.2, 0) is 27.5 Å². The maximum absolute atomic E-state index is 12.2. The summed E-state index contributed by atoms with van der Waals surface area (Å²) < 4.78 is 33.2. The van der Waals surface area contributed by atoms with E-state index in [1.807, 2.05) is 12.1 Å². The third-order valence-corrected chi connectivity index (χ3v) is 12.9. The first-order chi connectivity index (χ1) is 15.2. The van der Waals surface area contributed by atoms with Crippen molar-refractivity contribution in [2.75, 3.05) is 22.0 Å². The van der Waals surface area contributed by atoms with E-state index < -0.39 is 18.3 Å². The van der Waals surface area contributed by atoms with E-state index in [9.17, 15) is 8.42 Å². The summed E-state index contributed by atoms with van der Waals surface area (Å²) in [6.45, 7) is 11.6. The van der Waals surface area contributed by atoms with E-state index in [2.05, 4.69) is 86.8 Å². The SMILES string of the molecule is CN(c1cc(CO[Si](C)(C)C(C)(C)C)cc(CCC(CCI)c2ccccc2)n1)S(C)(=O)=O. The maximum Gasteiger partial charge on any atom is 0.233 e. The van der Waals surface area contributed by atoms with Gasteiger partial charge in [-0.05, 0) is 66.6 Å². The molecule has 0 N–H and O–H groups in total. The summed E-state index contributed by atoms with van der Waals surface area (Å²) in [6.07, 6.45) is 4.07. The third kappa shape index (κ3) is 8.33. The summed E-state index contributed by atoms with van der Waals surface area (Å²) in [5.41, 5.74) is 3.23. The molecule has 0 saturated carbocycles. The molecule has 1 unspecified atom stereocenters. The van der Waals surface area contributed by atoms with Crippen LogP contribution >= 0.6 is 22.6 Å². The lowest BCUT2D eigenvalue weighted by Crippen LogP contribution is -2.40. The Kier molecular flexibility index (Phi) is 9.97. The molecule has 1 atom stereocenters. The molecule has 2 rings (SSSR count). The lowest BCUT2D eigenvalue weighted by Gasteiger charge is -2.36. The average molecular weight is 603 g/mol. The van der Waals surface area contributed by atoms with Gasteiger partial charge < -0.3 is 4.43 Å². The molecule has 0 aliphatic heterocycles. The van der Waals surface area contributed by atoms with Gasteiger partial charge in [0, 0.05) is 17.2 Å². The largest absolute Gasteiger partial charge is 0.413 e. The number of rotatable bonds is 11. The van der Waals surface area contributed by atoms with Crippen LogP contribution in [0.1, 0.15) is 56.4 Å². The molecule has 1 aromatic heterocycles. The van der Waals surface area contributed by atoms with Crippen LogP contribution in [0.25, 0.3) is 0 Å². The fourth-order valence-corrected chi connectivity index (χ4v) is 5.46. The Balaban J connectivity index is 2.31. The second kappa shape index (κ2) is 11.6. The van der Waals surface area contributed by atoms with Crippen LogP contribution in [0.5, 0.6) is 0 Å². The number of anilines is 1. The minimum absolute atomic E-state index is 0.109. The monoisotopic (exact) mass is 602 g/mol. The van der Waals surface area contributed by atoms with E-state index >= 15 is 0 Å². The van der Waals surface area contributed by atoms with Crippen molar-refractivity contribution in [1.29, 1.82) is 0 Å². The molecule has 8 heteroatoms. The summed E-state index contributed by atoms with van der Waals surface area (Å²) in [7, 11) is -3.77. The highest BCUT2D eigenvalue weighted by Crippen LogP contribution is 2.37. The van der Waals surface area contributed by atoms with Crippen LogP contribution < -0.4 is 4.31 Å². The molecule has 0 fully saturated rings. The molecule has 0 spiro atoms. The van der Waals surface area contributed by atoms with Crippen molar-refractivity contribution in [2.24, 2.45) is 0 Å². The van der Waals surface area contributed by atoms with Crippen molar-refractivity contribution < 1.29 is 12.8 Å². The second-order valence-corrected chi connectivity index (χ2v) is 18.1. The van der Waals surface area contributed by atoms with Gasteiger partial charge in [-0.1, -0.05) is 73.7 Å². The van der Waals surface area contributed by atoms with Gasteiger partial charge in [0.1, 0.15) is 5.82 Å². The normalized spacial score (nSPS) is 13.7. The molecule has 0 aliphatic rings. The van der Waals surface area contributed by atoms with E-state index in [1.54, 1.807) is 7.05 Å². The number of sulfonamides is 1. The summed E-state index contributed by atoms with van der Waals surface area (Å²) in [4.78, 5) is 4.72. The minimum Gasteiger partial charge on any atom is -0.413 e. The van der Waals surface area contributed by atoms with E-state index in [4.69, 9.17) is 9.41 Å². The van der Waals surface area contributed by atoms with E-state index in [0.717, 1.165) is 34.9 Å². The summed E-state index contributed by atoms with van der Waals surface area (Å²) in [5.74, 6) is 0.905. The fourth-order valence-electron chi connectivity index (χ4n) is 3.31. The Labute approximate surface area is 215 Å². The molecular formula is C25H39IN2O3SSi. The molecule has 2 aromatic rings. The maximum atomic E-state index is 12.2. The van der Waals surface area contributed by atoms with Crippen molar-refractivity contribution in [3.8, 4) is 0 Å². The van der Waals surface area contributed by atoms with Gasteiger partial charge in [-0.15, -0.1) is 0 Å². The minimum atomic E-state index is -3.40. The summed E-state index contributed by atoms with van der Waals surface area (Å²) in [5, 5.41) is 0.109. The number of nitrogens with zero attached hydrogens (tertiary/aromatic N) is 2. The summed E-state index contributed by atoms with van der Waals surface area (Å²) >= 11 is 2.43. The van der Waals surface area contributed by atoms with E-state index in [0.29, 0.717) is 18.3 Å².